The fourth-order valence-electron chi connectivity index (χ4n) is 1.58. The molecule has 0 spiro atoms. The van der Waals surface area contributed by atoms with Crippen LogP contribution in [0.1, 0.15) is 18.4 Å². The molecule has 0 aliphatic carbocycles. The number of aryl methyl sites for hydroxylation is 1. The molecule has 0 saturated heterocycles. The van der Waals surface area contributed by atoms with Crippen molar-refractivity contribution >= 4 is 10.0 Å². The predicted octanol–water partition coefficient (Wildman–Crippen LogP) is 1.02. The average molecular weight is 272 g/mol. The number of sulfonamides is 1. The van der Waals surface area contributed by atoms with E-state index in [-0.39, 0.29) is 4.90 Å². The van der Waals surface area contributed by atoms with Crippen LogP contribution in [-0.4, -0.2) is 28.6 Å². The highest BCUT2D eigenvalue weighted by Gasteiger charge is 2.14. The normalized spacial score (nSPS) is 11.5. The maximum atomic E-state index is 12.0. The van der Waals surface area contributed by atoms with Gasteiger partial charge in [0.05, 0.1) is 12.0 Å². The molecule has 0 radical (unpaired) electrons. The first-order chi connectivity index (χ1) is 8.51. The average Bonchev–Trinajstić information content (AvgIpc) is 2.34. The van der Waals surface area contributed by atoms with Crippen LogP contribution in [0.3, 0.4) is 0 Å². The number of nitrogens with two attached hydrogens (primary N) is 1. The highest BCUT2D eigenvalue weighted by Crippen LogP contribution is 2.21. The van der Waals surface area contributed by atoms with Gasteiger partial charge in [0.15, 0.2) is 0 Å². The minimum absolute atomic E-state index is 0.258. The number of rotatable bonds is 7. The van der Waals surface area contributed by atoms with Crippen molar-refractivity contribution in [1.82, 2.24) is 4.72 Å². The van der Waals surface area contributed by atoms with Gasteiger partial charge in [-0.05, 0) is 50.1 Å². The summed E-state index contributed by atoms with van der Waals surface area (Å²) < 4.78 is 31.6. The van der Waals surface area contributed by atoms with Crippen LogP contribution in [0.4, 0.5) is 0 Å². The molecule has 0 atom stereocenters. The minimum atomic E-state index is -3.43. The first-order valence-electron chi connectivity index (χ1n) is 5.85. The number of hydrogen-bond acceptors (Lipinski definition) is 4. The molecule has 0 aromatic heterocycles. The Balaban J connectivity index is 2.76. The van der Waals surface area contributed by atoms with Crippen molar-refractivity contribution in [3.63, 3.8) is 0 Å². The molecule has 1 rings (SSSR count). The standard InChI is InChI=1S/C12H20N2O3S/c1-10-9-11(5-6-12(10)17-2)18(15,16)14-8-4-3-7-13/h5-6,9,14H,3-4,7-8,13H2,1-2H3. The Morgan fingerprint density at radius 3 is 2.61 bits per heavy atom. The van der Waals surface area contributed by atoms with Gasteiger partial charge in [0, 0.05) is 6.54 Å². The van der Waals surface area contributed by atoms with Crippen molar-refractivity contribution in [1.29, 1.82) is 0 Å². The van der Waals surface area contributed by atoms with Crippen LogP contribution in [-0.2, 0) is 10.0 Å². The summed E-state index contributed by atoms with van der Waals surface area (Å²) in [6.45, 7) is 2.79. The lowest BCUT2D eigenvalue weighted by atomic mass is 10.2. The third-order valence-corrected chi connectivity index (χ3v) is 4.06. The van der Waals surface area contributed by atoms with Gasteiger partial charge in [-0.15, -0.1) is 0 Å². The molecule has 6 heteroatoms. The van der Waals surface area contributed by atoms with Gasteiger partial charge < -0.3 is 10.5 Å². The van der Waals surface area contributed by atoms with Crippen molar-refractivity contribution in [3.8, 4) is 5.75 Å². The topological polar surface area (TPSA) is 81.4 Å². The van der Waals surface area contributed by atoms with E-state index in [1.54, 1.807) is 19.2 Å². The molecule has 0 aliphatic heterocycles. The summed E-state index contributed by atoms with van der Waals surface area (Å²) in [5.41, 5.74) is 6.14. The first-order valence-corrected chi connectivity index (χ1v) is 7.34. The largest absolute Gasteiger partial charge is 0.496 e. The maximum absolute atomic E-state index is 12.0. The lowest BCUT2D eigenvalue weighted by molar-refractivity contribution is 0.411. The van der Waals surface area contributed by atoms with Crippen LogP contribution in [0.5, 0.6) is 5.75 Å². The second-order valence-corrected chi connectivity index (χ2v) is 5.79. The Morgan fingerprint density at radius 1 is 1.33 bits per heavy atom. The van der Waals surface area contributed by atoms with Gasteiger partial charge in [0.1, 0.15) is 5.75 Å². The predicted molar refractivity (Wildman–Crippen MR) is 71.2 cm³/mol. The summed E-state index contributed by atoms with van der Waals surface area (Å²) in [5.74, 6) is 0.678. The molecule has 102 valence electrons. The summed E-state index contributed by atoms with van der Waals surface area (Å²) in [7, 11) is -1.88. The van der Waals surface area contributed by atoms with E-state index in [9.17, 15) is 8.42 Å². The molecule has 5 nitrogen and oxygen atoms in total. The van der Waals surface area contributed by atoms with E-state index in [1.165, 1.54) is 6.07 Å². The fraction of sp³-hybridized carbons (Fsp3) is 0.500. The highest BCUT2D eigenvalue weighted by atomic mass is 32.2. The first kappa shape index (κ1) is 14.9. The molecule has 18 heavy (non-hydrogen) atoms. The Morgan fingerprint density at radius 2 is 2.06 bits per heavy atom. The second-order valence-electron chi connectivity index (χ2n) is 4.02. The zero-order valence-electron chi connectivity index (χ0n) is 10.8. The quantitative estimate of drug-likeness (QED) is 0.726. The third kappa shape index (κ3) is 3.97. The number of methoxy groups -OCH3 is 1. The summed E-state index contributed by atoms with van der Waals surface area (Å²) >= 11 is 0. The van der Waals surface area contributed by atoms with Crippen molar-refractivity contribution < 1.29 is 13.2 Å². The van der Waals surface area contributed by atoms with Gasteiger partial charge in [-0.3, -0.25) is 0 Å². The molecule has 0 aliphatic rings. The zero-order chi connectivity index (χ0) is 13.6. The molecule has 1 aromatic rings. The Kier molecular flexibility index (Phi) is 5.58. The van der Waals surface area contributed by atoms with Crippen LogP contribution < -0.4 is 15.2 Å². The number of nitrogens with one attached hydrogen (secondary N) is 1. The lowest BCUT2D eigenvalue weighted by Crippen LogP contribution is -2.25. The fourth-order valence-corrected chi connectivity index (χ4v) is 2.74. The van der Waals surface area contributed by atoms with Crippen molar-refractivity contribution in [2.24, 2.45) is 5.73 Å². The summed E-state index contributed by atoms with van der Waals surface area (Å²) in [5, 5.41) is 0. The van der Waals surface area contributed by atoms with Crippen LogP contribution >= 0.6 is 0 Å². The van der Waals surface area contributed by atoms with Gasteiger partial charge in [0.2, 0.25) is 10.0 Å². The van der Waals surface area contributed by atoms with Crippen LogP contribution in [0.15, 0.2) is 23.1 Å². The third-order valence-electron chi connectivity index (χ3n) is 2.60. The van der Waals surface area contributed by atoms with Gasteiger partial charge in [0.25, 0.3) is 0 Å². The van der Waals surface area contributed by atoms with Crippen LogP contribution in [0, 0.1) is 6.92 Å². The maximum Gasteiger partial charge on any atom is 0.240 e. The van der Waals surface area contributed by atoms with E-state index < -0.39 is 10.0 Å². The molecular weight excluding hydrogens is 252 g/mol. The van der Waals surface area contributed by atoms with Gasteiger partial charge in [-0.1, -0.05) is 0 Å². The van der Waals surface area contributed by atoms with E-state index in [0.29, 0.717) is 18.8 Å². The molecule has 0 unspecified atom stereocenters. The number of ether oxygens (including phenoxy) is 1. The second kappa shape index (κ2) is 6.72. The van der Waals surface area contributed by atoms with E-state index in [2.05, 4.69) is 4.72 Å². The molecule has 0 amide bonds. The number of unbranched alkanes of at least 4 members (excludes halogenated alkanes) is 1. The molecule has 0 heterocycles. The molecule has 0 fully saturated rings. The van der Waals surface area contributed by atoms with E-state index in [0.717, 1.165) is 18.4 Å². The Bertz CT molecular complexity index is 486. The monoisotopic (exact) mass is 272 g/mol. The van der Waals surface area contributed by atoms with E-state index >= 15 is 0 Å². The smallest absolute Gasteiger partial charge is 0.240 e. The van der Waals surface area contributed by atoms with Crippen LogP contribution in [0.2, 0.25) is 0 Å². The van der Waals surface area contributed by atoms with E-state index in [1.807, 2.05) is 6.92 Å². The van der Waals surface area contributed by atoms with Gasteiger partial charge in [-0.25, -0.2) is 13.1 Å². The van der Waals surface area contributed by atoms with E-state index in [4.69, 9.17) is 10.5 Å². The minimum Gasteiger partial charge on any atom is -0.496 e. The molecule has 0 bridgehead atoms. The Hall–Kier alpha value is -1.11. The molecule has 3 N–H and O–H groups in total. The van der Waals surface area contributed by atoms with Crippen LogP contribution in [0.25, 0.3) is 0 Å². The number of benzene rings is 1. The molecular formula is C12H20N2O3S. The highest BCUT2D eigenvalue weighted by molar-refractivity contribution is 7.89. The SMILES string of the molecule is COc1ccc(S(=O)(=O)NCCCCN)cc1C. The summed E-state index contributed by atoms with van der Waals surface area (Å²) in [4.78, 5) is 0.258. The number of hydrogen-bond donors (Lipinski definition) is 2. The zero-order valence-corrected chi connectivity index (χ0v) is 11.6. The molecule has 1 aromatic carbocycles. The summed E-state index contributed by atoms with van der Waals surface area (Å²) in [6, 6.07) is 4.80. The van der Waals surface area contributed by atoms with Crippen molar-refractivity contribution in [2.45, 2.75) is 24.7 Å². The molecule has 0 saturated carbocycles. The van der Waals surface area contributed by atoms with Gasteiger partial charge >= 0.3 is 0 Å². The summed E-state index contributed by atoms with van der Waals surface area (Å²) in [6.07, 6.45) is 1.55. The van der Waals surface area contributed by atoms with Gasteiger partial charge in [-0.2, -0.15) is 0 Å². The van der Waals surface area contributed by atoms with Crippen molar-refractivity contribution in [2.75, 3.05) is 20.2 Å². The Labute approximate surface area is 108 Å². The lowest BCUT2D eigenvalue weighted by Gasteiger charge is -2.09. The van der Waals surface area contributed by atoms with Crippen molar-refractivity contribution in [3.05, 3.63) is 23.8 Å².